The molecule has 0 aliphatic carbocycles. The van der Waals surface area contributed by atoms with Gasteiger partial charge in [0.2, 0.25) is 26.0 Å². The lowest BCUT2D eigenvalue weighted by Gasteiger charge is -2.28. The Morgan fingerprint density at radius 3 is 2.11 bits per heavy atom. The highest BCUT2D eigenvalue weighted by Gasteiger charge is 2.38. The van der Waals surface area contributed by atoms with Gasteiger partial charge in [-0.15, -0.1) is 0 Å². The molecule has 0 saturated carbocycles. The van der Waals surface area contributed by atoms with E-state index in [1.54, 1.807) is 4.90 Å². The molecule has 1 aromatic carbocycles. The topological polar surface area (TPSA) is 144 Å². The van der Waals surface area contributed by atoms with Gasteiger partial charge in [0.05, 0.1) is 10.6 Å². The number of benzene rings is 1. The highest BCUT2D eigenvalue weighted by Crippen LogP contribution is 2.18. The van der Waals surface area contributed by atoms with Gasteiger partial charge in [0.15, 0.2) is 0 Å². The molecule has 2 aliphatic heterocycles. The molecule has 0 bridgehead atoms. The monoisotopic (exact) mass is 590 g/mol. The molecular formula is C21H30F4N4O7S2. The fourth-order valence-corrected chi connectivity index (χ4v) is 6.80. The molecule has 2 heterocycles. The summed E-state index contributed by atoms with van der Waals surface area (Å²) in [7, 11) is -7.63. The largest absolute Gasteiger partial charge is 0.490 e. The van der Waals surface area contributed by atoms with E-state index in [9.17, 15) is 39.2 Å². The Kier molecular flexibility index (Phi) is 11.4. The normalized spacial score (nSPS) is 17.4. The van der Waals surface area contributed by atoms with E-state index >= 15 is 0 Å². The Bertz CT molecular complexity index is 1160. The molecule has 2 aliphatic rings. The summed E-state index contributed by atoms with van der Waals surface area (Å²) in [6, 6.07) is 4.47. The lowest BCUT2D eigenvalue weighted by atomic mass is 10.3. The van der Waals surface area contributed by atoms with Crippen molar-refractivity contribution in [2.75, 3.05) is 58.1 Å². The number of aliphatic carboxylic acids is 1. The number of alkyl halides is 3. The van der Waals surface area contributed by atoms with Crippen molar-refractivity contribution >= 4 is 31.9 Å². The van der Waals surface area contributed by atoms with E-state index < -0.39 is 38.0 Å². The number of carbonyl (C=O) groups excluding carboxylic acids is 1. The van der Waals surface area contributed by atoms with Gasteiger partial charge in [0, 0.05) is 58.8 Å². The summed E-state index contributed by atoms with van der Waals surface area (Å²) in [5.74, 6) is -3.60. The van der Waals surface area contributed by atoms with Crippen molar-refractivity contribution in [3.8, 4) is 0 Å². The maximum atomic E-state index is 13.3. The van der Waals surface area contributed by atoms with Crippen LogP contribution in [-0.4, -0.2) is 112 Å². The third-order valence-corrected chi connectivity index (χ3v) is 9.53. The molecular weight excluding hydrogens is 560 g/mol. The van der Waals surface area contributed by atoms with E-state index in [-0.39, 0.29) is 29.6 Å². The number of halogens is 4. The Labute approximate surface area is 218 Å². The number of amides is 1. The average Bonchev–Trinajstić information content (AvgIpc) is 3.26. The molecule has 0 aromatic heterocycles. The first-order valence-electron chi connectivity index (χ1n) is 11.7. The number of nitrogens with one attached hydrogen (secondary N) is 1. The average molecular weight is 591 g/mol. The van der Waals surface area contributed by atoms with E-state index in [0.29, 0.717) is 52.1 Å². The molecule has 2 saturated heterocycles. The number of piperazine rings is 1. The quantitative estimate of drug-likeness (QED) is 0.379. The lowest BCUT2D eigenvalue weighted by molar-refractivity contribution is -0.192. The van der Waals surface area contributed by atoms with Crippen molar-refractivity contribution < 1.29 is 49.1 Å². The number of hydrogen-bond donors (Lipinski definition) is 2. The van der Waals surface area contributed by atoms with E-state index in [2.05, 4.69) is 5.32 Å². The van der Waals surface area contributed by atoms with Crippen LogP contribution in [0, 0.1) is 5.82 Å². The van der Waals surface area contributed by atoms with Crippen LogP contribution in [0.25, 0.3) is 0 Å². The summed E-state index contributed by atoms with van der Waals surface area (Å²) >= 11 is 0. The maximum Gasteiger partial charge on any atom is 0.490 e. The number of carboxylic acid groups (broad SMARTS) is 1. The second-order valence-electron chi connectivity index (χ2n) is 8.46. The first-order valence-corrected chi connectivity index (χ1v) is 14.7. The van der Waals surface area contributed by atoms with Crippen LogP contribution in [0.5, 0.6) is 0 Å². The highest BCUT2D eigenvalue weighted by molar-refractivity contribution is 7.90. The van der Waals surface area contributed by atoms with Crippen LogP contribution in [0.1, 0.15) is 19.3 Å². The number of likely N-dealkylation sites (tertiary alicyclic amines) is 1. The summed E-state index contributed by atoms with van der Waals surface area (Å²) in [5.41, 5.74) is 0. The Morgan fingerprint density at radius 1 is 1.03 bits per heavy atom. The fraction of sp³-hybridized carbons (Fsp3) is 0.619. The van der Waals surface area contributed by atoms with E-state index in [1.807, 2.05) is 0 Å². The van der Waals surface area contributed by atoms with Gasteiger partial charge in [-0.25, -0.2) is 26.0 Å². The Morgan fingerprint density at radius 2 is 1.61 bits per heavy atom. The van der Waals surface area contributed by atoms with Gasteiger partial charge >= 0.3 is 12.1 Å². The molecule has 38 heavy (non-hydrogen) atoms. The minimum Gasteiger partial charge on any atom is -0.475 e. The molecule has 11 nitrogen and oxygen atoms in total. The number of rotatable bonds is 10. The van der Waals surface area contributed by atoms with Crippen LogP contribution in [-0.2, 0) is 29.6 Å². The van der Waals surface area contributed by atoms with E-state index in [0.717, 1.165) is 22.9 Å². The van der Waals surface area contributed by atoms with Gasteiger partial charge in [0.1, 0.15) is 5.82 Å². The number of sulfonamides is 2. The number of carboxylic acids is 1. The van der Waals surface area contributed by atoms with E-state index in [1.165, 1.54) is 16.4 Å². The molecule has 17 heteroatoms. The minimum absolute atomic E-state index is 0.0502. The molecule has 2 N–H and O–H groups in total. The van der Waals surface area contributed by atoms with Crippen LogP contribution in [0.3, 0.4) is 0 Å². The summed E-state index contributed by atoms with van der Waals surface area (Å²) in [6.45, 7) is 2.75. The third-order valence-electron chi connectivity index (χ3n) is 5.77. The predicted molar refractivity (Wildman–Crippen MR) is 128 cm³/mol. The van der Waals surface area contributed by atoms with Crippen LogP contribution in [0.2, 0.25) is 0 Å². The smallest absolute Gasteiger partial charge is 0.475 e. The van der Waals surface area contributed by atoms with Gasteiger partial charge in [0.25, 0.3) is 0 Å². The van der Waals surface area contributed by atoms with Crippen molar-refractivity contribution in [2.45, 2.75) is 30.3 Å². The molecule has 216 valence electrons. The van der Waals surface area contributed by atoms with Crippen molar-refractivity contribution in [1.82, 2.24) is 18.8 Å². The molecule has 0 spiro atoms. The van der Waals surface area contributed by atoms with Crippen molar-refractivity contribution in [3.05, 3.63) is 30.1 Å². The molecule has 0 atom stereocenters. The predicted octanol–water partition coefficient (Wildman–Crippen LogP) is 0.697. The molecule has 0 unspecified atom stereocenters. The first-order chi connectivity index (χ1) is 17.6. The van der Waals surface area contributed by atoms with Crippen molar-refractivity contribution in [3.63, 3.8) is 0 Å². The second kappa shape index (κ2) is 13.6. The number of nitrogens with zero attached hydrogens (tertiary/aromatic N) is 3. The molecule has 3 rings (SSSR count). The third kappa shape index (κ3) is 9.44. The zero-order chi connectivity index (χ0) is 28.6. The summed E-state index contributed by atoms with van der Waals surface area (Å²) in [6.07, 6.45) is -3.40. The van der Waals surface area contributed by atoms with Crippen molar-refractivity contribution in [2.24, 2.45) is 0 Å². The van der Waals surface area contributed by atoms with Crippen LogP contribution >= 0.6 is 0 Å². The van der Waals surface area contributed by atoms with Gasteiger partial charge in [-0.1, -0.05) is 0 Å². The minimum atomic E-state index is -5.08. The van der Waals surface area contributed by atoms with Crippen LogP contribution in [0.4, 0.5) is 17.6 Å². The number of hydrogen-bond acceptors (Lipinski definition) is 7. The van der Waals surface area contributed by atoms with Gasteiger partial charge in [-0.2, -0.15) is 21.8 Å². The van der Waals surface area contributed by atoms with E-state index in [4.69, 9.17) is 9.90 Å². The fourth-order valence-electron chi connectivity index (χ4n) is 3.75. The molecule has 2 fully saturated rings. The Balaban J connectivity index is 0.000000638. The molecule has 0 radical (unpaired) electrons. The lowest BCUT2D eigenvalue weighted by Crippen LogP contribution is -2.48. The van der Waals surface area contributed by atoms with Gasteiger partial charge < -0.3 is 15.3 Å². The highest BCUT2D eigenvalue weighted by atomic mass is 32.2. The zero-order valence-electron chi connectivity index (χ0n) is 20.4. The maximum absolute atomic E-state index is 13.3. The first kappa shape index (κ1) is 31.9. The Hall–Kier alpha value is -2.34. The van der Waals surface area contributed by atoms with Gasteiger partial charge in [-0.3, -0.25) is 4.79 Å². The zero-order valence-corrected chi connectivity index (χ0v) is 22.0. The second-order valence-corrected chi connectivity index (χ2v) is 12.5. The summed E-state index contributed by atoms with van der Waals surface area (Å²) in [4.78, 5) is 22.3. The molecule has 1 amide bonds. The molecule has 1 aromatic rings. The SMILES string of the molecule is O=C(O)C(F)(F)F.O=C1CCCN1CCCN(CCS(=O)(=O)N1CCNCC1)S(=O)(=O)c1ccc(F)cc1. The van der Waals surface area contributed by atoms with Crippen LogP contribution < -0.4 is 5.32 Å². The number of carbonyl (C=O) groups is 2. The van der Waals surface area contributed by atoms with Crippen molar-refractivity contribution in [1.29, 1.82) is 0 Å². The van der Waals surface area contributed by atoms with Gasteiger partial charge in [-0.05, 0) is 37.1 Å². The summed E-state index contributed by atoms with van der Waals surface area (Å²) < 4.78 is 99.2. The summed E-state index contributed by atoms with van der Waals surface area (Å²) in [5, 5.41) is 10.2. The standard InChI is InChI=1S/C19H29FN4O5S2.C2HF3O2/c20-17-4-6-18(7-5-17)31(28,29)24(12-2-11-22-10-1-3-19(22)25)15-16-30(26,27)23-13-8-21-9-14-23;3-2(4,5)1(6)7/h4-7,21H,1-3,8-16H2;(H,6,7). The van der Waals surface area contributed by atoms with Crippen LogP contribution in [0.15, 0.2) is 29.2 Å².